The summed E-state index contributed by atoms with van der Waals surface area (Å²) >= 11 is 0. The molecule has 0 aromatic heterocycles. The largest absolute Gasteiger partial charge is 0.872 e. The highest BCUT2D eigenvalue weighted by Crippen LogP contribution is 2.42. The molecule has 0 amide bonds. The van der Waals surface area contributed by atoms with Crippen LogP contribution in [-0.4, -0.2) is 22.6 Å². The predicted octanol–water partition coefficient (Wildman–Crippen LogP) is 5.84. The molecular weight excluding hydrogens is 472 g/mol. The lowest BCUT2D eigenvalue weighted by Crippen LogP contribution is -2.06. The minimum absolute atomic E-state index is 0.0108. The third-order valence-corrected chi connectivity index (χ3v) is 6.51. The maximum absolute atomic E-state index is 13.0. The first kappa shape index (κ1) is 25.8. The van der Waals surface area contributed by atoms with Gasteiger partial charge in [0.25, 0.3) is 0 Å². The van der Waals surface area contributed by atoms with E-state index in [1.165, 1.54) is 36.4 Å². The van der Waals surface area contributed by atoms with E-state index in [1.54, 1.807) is 18.2 Å². The number of carbonyl (C=O) groups is 3. The third-order valence-electron chi connectivity index (χ3n) is 6.51. The van der Waals surface area contributed by atoms with Gasteiger partial charge in [0.2, 0.25) is 0 Å². The number of benzene rings is 3. The zero-order valence-electron chi connectivity index (χ0n) is 20.5. The van der Waals surface area contributed by atoms with Crippen LogP contribution in [0.3, 0.4) is 0 Å². The summed E-state index contributed by atoms with van der Waals surface area (Å²) in [4.78, 5) is 48.6. The average molecular weight is 500 g/mol. The lowest BCUT2D eigenvalue weighted by Gasteiger charge is -2.18. The molecule has 0 fully saturated rings. The number of ketones is 2. The highest BCUT2D eigenvalue weighted by atomic mass is 16.4. The standard InChI is InChI=1S/C30H28O7/c1-2-19(31)7-5-3-4-6-8-26(34)18-9-12-22(30(35)36)25(15-18)29-23-13-10-20(32)16-27(23)37-28-17-21(33)11-14-24(28)29/h9-17,32H,2-8H2,1H3,(H,35,36)/p-1. The lowest BCUT2D eigenvalue weighted by atomic mass is 9.88. The van der Waals surface area contributed by atoms with Crippen LogP contribution in [0, 0.1) is 0 Å². The van der Waals surface area contributed by atoms with E-state index in [0.717, 1.165) is 19.3 Å². The van der Waals surface area contributed by atoms with Gasteiger partial charge in [0, 0.05) is 47.4 Å². The number of carboxylic acid groups (broad SMARTS) is 1. The zero-order valence-corrected chi connectivity index (χ0v) is 20.5. The molecule has 0 unspecified atom stereocenters. The number of Topliss-reactive ketones (excluding diaryl/α,β-unsaturated/α-hetero) is 2. The van der Waals surface area contributed by atoms with Crippen LogP contribution < -0.4 is 10.5 Å². The number of hydrogen-bond donors (Lipinski definition) is 1. The van der Waals surface area contributed by atoms with Crippen molar-refractivity contribution in [1.29, 1.82) is 0 Å². The van der Waals surface area contributed by atoms with Crippen LogP contribution in [0.2, 0.25) is 0 Å². The monoisotopic (exact) mass is 499 g/mol. The third kappa shape index (κ3) is 5.77. The zero-order chi connectivity index (χ0) is 26.5. The van der Waals surface area contributed by atoms with E-state index < -0.39 is 5.97 Å². The van der Waals surface area contributed by atoms with E-state index in [9.17, 15) is 29.4 Å². The Morgan fingerprint density at radius 2 is 1.62 bits per heavy atom. The number of hydrogen-bond acceptors (Lipinski definition) is 6. The van der Waals surface area contributed by atoms with Gasteiger partial charge in [-0.1, -0.05) is 38.0 Å². The Balaban J connectivity index is 1.71. The number of fused-ring (bicyclic) bond motifs is 2. The molecule has 0 saturated heterocycles. The maximum atomic E-state index is 13.0. The summed E-state index contributed by atoms with van der Waals surface area (Å²) < 4.78 is 5.82. The van der Waals surface area contributed by atoms with Gasteiger partial charge >= 0.3 is 5.97 Å². The van der Waals surface area contributed by atoms with Gasteiger partial charge in [0.05, 0.1) is 5.56 Å². The van der Waals surface area contributed by atoms with E-state index in [1.807, 2.05) is 6.92 Å². The molecule has 0 radical (unpaired) electrons. The van der Waals surface area contributed by atoms with Gasteiger partial charge in [0.1, 0.15) is 17.1 Å². The Kier molecular flexibility index (Phi) is 7.82. The van der Waals surface area contributed by atoms with Crippen molar-refractivity contribution in [2.75, 3.05) is 0 Å². The van der Waals surface area contributed by atoms with Crippen LogP contribution in [0.4, 0.5) is 0 Å². The molecule has 37 heavy (non-hydrogen) atoms. The lowest BCUT2D eigenvalue weighted by molar-refractivity contribution is -0.268. The summed E-state index contributed by atoms with van der Waals surface area (Å²) in [6, 6.07) is 12.9. The van der Waals surface area contributed by atoms with Crippen molar-refractivity contribution in [2.45, 2.75) is 51.9 Å². The smallest absolute Gasteiger partial charge is 0.336 e. The van der Waals surface area contributed by atoms with Crippen molar-refractivity contribution in [3.63, 3.8) is 0 Å². The fourth-order valence-electron chi connectivity index (χ4n) is 4.53. The Morgan fingerprint density at radius 3 is 2.35 bits per heavy atom. The number of unbranched alkanes of at least 4 members (excludes halogenated alkanes) is 3. The van der Waals surface area contributed by atoms with Crippen LogP contribution in [0.5, 0.6) is 5.75 Å². The molecule has 1 heterocycles. The molecule has 2 aromatic carbocycles. The van der Waals surface area contributed by atoms with Gasteiger partial charge in [-0.3, -0.25) is 14.4 Å². The Labute approximate surface area is 213 Å². The molecule has 2 aliphatic rings. The molecule has 190 valence electrons. The number of aromatic carboxylic acids is 1. The molecule has 1 aliphatic carbocycles. The number of carboxylic acids is 1. The Bertz CT molecular complexity index is 1510. The summed E-state index contributed by atoms with van der Waals surface area (Å²) in [6.45, 7) is 1.85. The van der Waals surface area contributed by atoms with Gasteiger partial charge < -0.3 is 14.6 Å². The van der Waals surface area contributed by atoms with Crippen LogP contribution >= 0.6 is 0 Å². The SMILES string of the molecule is CCC(=O)CCCCCCC(=O)c1ccc(C(=O)O)c(-c2c3ccc(=O)cc-3oc3cc([O-])ccc23)c1. The van der Waals surface area contributed by atoms with Gasteiger partial charge in [-0.05, 0) is 48.7 Å². The van der Waals surface area contributed by atoms with Crippen LogP contribution in [-0.2, 0) is 4.79 Å². The number of carbonyl (C=O) groups excluding carboxylic acids is 2. The second-order valence-electron chi connectivity index (χ2n) is 9.09. The van der Waals surface area contributed by atoms with Crippen LogP contribution in [0.1, 0.15) is 72.6 Å². The Hall–Kier alpha value is -4.26. The van der Waals surface area contributed by atoms with E-state index >= 15 is 0 Å². The normalized spacial score (nSPS) is 11.2. The first-order valence-electron chi connectivity index (χ1n) is 12.4. The molecular formula is C30H27O7-. The van der Waals surface area contributed by atoms with E-state index in [0.29, 0.717) is 53.3 Å². The maximum Gasteiger partial charge on any atom is 0.336 e. The highest BCUT2D eigenvalue weighted by Gasteiger charge is 2.23. The molecule has 7 nitrogen and oxygen atoms in total. The molecule has 1 N–H and O–H groups in total. The fourth-order valence-corrected chi connectivity index (χ4v) is 4.53. The minimum Gasteiger partial charge on any atom is -0.872 e. The average Bonchev–Trinajstić information content (AvgIpc) is 2.88. The van der Waals surface area contributed by atoms with Crippen molar-refractivity contribution < 1.29 is 29.0 Å². The van der Waals surface area contributed by atoms with Gasteiger partial charge in [-0.25, -0.2) is 4.79 Å². The van der Waals surface area contributed by atoms with Crippen molar-refractivity contribution in [2.24, 2.45) is 0 Å². The second-order valence-corrected chi connectivity index (χ2v) is 9.09. The molecule has 1 aliphatic heterocycles. The first-order valence-corrected chi connectivity index (χ1v) is 12.4. The molecule has 0 spiro atoms. The van der Waals surface area contributed by atoms with Crippen LogP contribution in [0.15, 0.2) is 63.8 Å². The number of rotatable bonds is 11. The van der Waals surface area contributed by atoms with Crippen molar-refractivity contribution in [3.8, 4) is 28.2 Å². The topological polar surface area (TPSA) is 125 Å². The van der Waals surface area contributed by atoms with E-state index in [2.05, 4.69) is 0 Å². The van der Waals surface area contributed by atoms with E-state index in [4.69, 9.17) is 4.42 Å². The van der Waals surface area contributed by atoms with Gasteiger partial charge in [-0.15, -0.1) is 5.75 Å². The highest BCUT2D eigenvalue weighted by molar-refractivity contribution is 6.09. The van der Waals surface area contributed by atoms with Gasteiger partial charge in [-0.2, -0.15) is 0 Å². The van der Waals surface area contributed by atoms with Crippen molar-refractivity contribution in [1.82, 2.24) is 0 Å². The minimum atomic E-state index is -1.17. The molecule has 2 aromatic rings. The van der Waals surface area contributed by atoms with E-state index in [-0.39, 0.29) is 39.7 Å². The van der Waals surface area contributed by atoms with Crippen molar-refractivity contribution >= 4 is 28.5 Å². The second kappa shape index (κ2) is 11.2. The summed E-state index contributed by atoms with van der Waals surface area (Å²) in [5, 5.41) is 22.4. The summed E-state index contributed by atoms with van der Waals surface area (Å²) in [7, 11) is 0. The Morgan fingerprint density at radius 1 is 0.865 bits per heavy atom. The molecule has 0 saturated carbocycles. The fraction of sp³-hybridized carbons (Fsp3) is 0.267. The molecule has 0 atom stereocenters. The summed E-state index contributed by atoms with van der Waals surface area (Å²) in [5.41, 5.74) is 1.58. The first-order chi connectivity index (χ1) is 17.8. The summed E-state index contributed by atoms with van der Waals surface area (Å²) in [6.07, 6.45) is 4.60. The van der Waals surface area contributed by atoms with Gasteiger partial charge in [0.15, 0.2) is 11.2 Å². The van der Waals surface area contributed by atoms with Crippen LogP contribution in [0.25, 0.3) is 33.4 Å². The summed E-state index contributed by atoms with van der Waals surface area (Å²) in [5.74, 6) is -1.11. The molecule has 4 rings (SSSR count). The molecule has 0 bridgehead atoms. The predicted molar refractivity (Wildman–Crippen MR) is 138 cm³/mol. The molecule has 7 heteroatoms. The van der Waals surface area contributed by atoms with Crippen molar-refractivity contribution in [3.05, 3.63) is 75.9 Å². The quantitative estimate of drug-likeness (QED) is 0.156.